The van der Waals surface area contributed by atoms with Crippen molar-refractivity contribution in [3.63, 3.8) is 0 Å². The maximum atomic E-state index is 12.6. The van der Waals surface area contributed by atoms with Crippen molar-refractivity contribution in [2.75, 3.05) is 30.8 Å². The van der Waals surface area contributed by atoms with Crippen LogP contribution in [-0.4, -0.2) is 51.1 Å². The Hall–Kier alpha value is -2.82. The summed E-state index contributed by atoms with van der Waals surface area (Å²) in [4.78, 5) is 9.16. The molecule has 2 aromatic rings. The lowest BCUT2D eigenvalue weighted by Crippen LogP contribution is -2.28. The van der Waals surface area contributed by atoms with Gasteiger partial charge in [0.05, 0.1) is 11.8 Å². The van der Waals surface area contributed by atoms with Gasteiger partial charge in [-0.05, 0) is 96.7 Å². The van der Waals surface area contributed by atoms with Crippen molar-refractivity contribution < 1.29 is 9.29 Å². The van der Waals surface area contributed by atoms with Gasteiger partial charge in [-0.1, -0.05) is 0 Å². The van der Waals surface area contributed by atoms with Crippen LogP contribution in [0.5, 0.6) is 5.75 Å². The Balaban J connectivity index is 1.91. The molecule has 0 aliphatic carbocycles. The standard InChI is InChI=1S/C27H41N7O2S/c1-16(2)36-24-13-21(20-8-10-30-11-9-20)18(5)12-22(24)33-27-31-14-19(6)26(34-27)32-23(15-29-7)25(28)37(35)17(3)4/h12-17,20,28-30H,8-11H2,1-7H3,(H2,31,32,33,34)/b23-15+,28-25?. The average molecular weight is 528 g/mol. The number of anilines is 3. The predicted octanol–water partition coefficient (Wildman–Crippen LogP) is 4.70. The molecule has 0 spiro atoms. The van der Waals surface area contributed by atoms with Crippen LogP contribution in [-0.2, 0) is 11.2 Å². The van der Waals surface area contributed by atoms with Crippen LogP contribution in [0.2, 0.25) is 0 Å². The molecule has 0 radical (unpaired) electrons. The van der Waals surface area contributed by atoms with Gasteiger partial charge in [-0.15, -0.1) is 0 Å². The second-order valence-electron chi connectivity index (χ2n) is 9.89. The lowest BCUT2D eigenvalue weighted by atomic mass is 9.87. The lowest BCUT2D eigenvalue weighted by Gasteiger charge is -2.26. The van der Waals surface area contributed by atoms with E-state index < -0.39 is 11.2 Å². The molecule has 202 valence electrons. The summed E-state index contributed by atoms with van der Waals surface area (Å²) in [7, 11) is 1.74. The first kappa shape index (κ1) is 28.7. The molecule has 1 aliphatic rings. The number of benzene rings is 1. The van der Waals surface area contributed by atoms with E-state index in [0.29, 0.717) is 23.4 Å². The zero-order valence-corrected chi connectivity index (χ0v) is 23.8. The maximum Gasteiger partial charge on any atom is 0.262 e. The first-order chi connectivity index (χ1) is 17.6. The van der Waals surface area contributed by atoms with Crippen LogP contribution in [0.1, 0.15) is 63.1 Å². The van der Waals surface area contributed by atoms with Crippen molar-refractivity contribution in [1.82, 2.24) is 20.6 Å². The summed E-state index contributed by atoms with van der Waals surface area (Å²) < 4.78 is 18.8. The van der Waals surface area contributed by atoms with Crippen molar-refractivity contribution in [3.8, 4) is 5.75 Å². The van der Waals surface area contributed by atoms with Gasteiger partial charge >= 0.3 is 0 Å². The molecule has 1 unspecified atom stereocenters. The van der Waals surface area contributed by atoms with Crippen LogP contribution in [0.4, 0.5) is 17.5 Å². The third-order valence-corrected chi connectivity index (χ3v) is 7.62. The summed E-state index contributed by atoms with van der Waals surface area (Å²) in [6.45, 7) is 13.8. The monoisotopic (exact) mass is 527 g/mol. The molecule has 2 heterocycles. The van der Waals surface area contributed by atoms with Crippen LogP contribution < -0.4 is 26.0 Å². The number of nitrogens with zero attached hydrogens (tertiary/aromatic N) is 2. The topological polar surface area (TPSA) is 130 Å². The molecule has 3 rings (SSSR count). The highest BCUT2D eigenvalue weighted by atomic mass is 32.2. The van der Waals surface area contributed by atoms with Gasteiger partial charge in [0.25, 0.3) is 5.04 Å². The normalized spacial score (nSPS) is 15.6. The van der Waals surface area contributed by atoms with E-state index in [2.05, 4.69) is 50.3 Å². The van der Waals surface area contributed by atoms with E-state index >= 15 is 0 Å². The molecule has 1 atom stereocenters. The fraction of sp³-hybridized carbons (Fsp3) is 0.519. The van der Waals surface area contributed by atoms with Gasteiger partial charge < -0.3 is 30.6 Å². The van der Waals surface area contributed by atoms with E-state index in [1.54, 1.807) is 19.4 Å². The van der Waals surface area contributed by atoms with Gasteiger partial charge in [0, 0.05) is 36.2 Å². The van der Waals surface area contributed by atoms with Crippen LogP contribution in [0.3, 0.4) is 0 Å². The fourth-order valence-electron chi connectivity index (χ4n) is 4.25. The van der Waals surface area contributed by atoms with Crippen LogP contribution >= 0.6 is 0 Å². The van der Waals surface area contributed by atoms with Crippen molar-refractivity contribution in [2.45, 2.75) is 71.7 Å². The molecule has 1 aliphatic heterocycles. The summed E-state index contributed by atoms with van der Waals surface area (Å²) in [6.07, 6.45) is 5.58. The number of ether oxygens (including phenoxy) is 1. The molecule has 10 heteroatoms. The molecule has 1 saturated heterocycles. The highest BCUT2D eigenvalue weighted by Gasteiger charge is 2.25. The number of rotatable bonds is 10. The Labute approximate surface area is 224 Å². The Morgan fingerprint density at radius 3 is 2.51 bits per heavy atom. The fourth-order valence-corrected chi connectivity index (χ4v) is 5.05. The number of aryl methyl sites for hydroxylation is 2. The minimum absolute atomic E-state index is 0.00798. The third-order valence-electron chi connectivity index (χ3n) is 6.14. The second-order valence-corrected chi connectivity index (χ2v) is 11.8. The molecular weight excluding hydrogens is 486 g/mol. The van der Waals surface area contributed by atoms with Crippen molar-refractivity contribution >= 4 is 33.7 Å². The SMILES string of the molecule is CN/C=C(/Nc1nc(Nc2cc(C)c(C3CCNCC3)cc2OC(C)C)ncc1C)C(=N)[S+]([O-])C(C)C. The zero-order valence-electron chi connectivity index (χ0n) is 23.0. The molecule has 0 bridgehead atoms. The quantitative estimate of drug-likeness (QED) is 0.171. The smallest absolute Gasteiger partial charge is 0.262 e. The van der Waals surface area contributed by atoms with Gasteiger partial charge in [-0.3, -0.25) is 5.41 Å². The first-order valence-corrected chi connectivity index (χ1v) is 14.1. The average Bonchev–Trinajstić information content (AvgIpc) is 2.86. The van der Waals surface area contributed by atoms with E-state index in [1.165, 1.54) is 11.1 Å². The second kappa shape index (κ2) is 13.1. The van der Waals surface area contributed by atoms with Crippen LogP contribution in [0.25, 0.3) is 0 Å². The Kier molecular flexibility index (Phi) is 10.2. The highest BCUT2D eigenvalue weighted by molar-refractivity contribution is 8.07. The van der Waals surface area contributed by atoms with E-state index in [0.717, 1.165) is 42.9 Å². The van der Waals surface area contributed by atoms with Gasteiger partial charge in [0.2, 0.25) is 5.95 Å². The van der Waals surface area contributed by atoms with E-state index in [-0.39, 0.29) is 16.4 Å². The number of hydrogen-bond acceptors (Lipinski definition) is 9. The molecule has 37 heavy (non-hydrogen) atoms. The van der Waals surface area contributed by atoms with Crippen LogP contribution in [0.15, 0.2) is 30.2 Å². The lowest BCUT2D eigenvalue weighted by molar-refractivity contribution is 0.243. The molecule has 9 nitrogen and oxygen atoms in total. The Bertz CT molecular complexity index is 1110. The van der Waals surface area contributed by atoms with Crippen molar-refractivity contribution in [2.24, 2.45) is 0 Å². The summed E-state index contributed by atoms with van der Waals surface area (Å²) in [5, 5.41) is 21.1. The molecule has 1 fully saturated rings. The first-order valence-electron chi connectivity index (χ1n) is 12.9. The van der Waals surface area contributed by atoms with Gasteiger partial charge in [-0.2, -0.15) is 4.98 Å². The Morgan fingerprint density at radius 1 is 1.19 bits per heavy atom. The summed E-state index contributed by atoms with van der Waals surface area (Å²) in [6, 6.07) is 4.27. The van der Waals surface area contributed by atoms with E-state index in [9.17, 15) is 4.55 Å². The van der Waals surface area contributed by atoms with Crippen molar-refractivity contribution in [1.29, 1.82) is 5.41 Å². The summed E-state index contributed by atoms with van der Waals surface area (Å²) >= 11 is -1.45. The minimum Gasteiger partial charge on any atom is -0.610 e. The highest BCUT2D eigenvalue weighted by Crippen LogP contribution is 2.37. The predicted molar refractivity (Wildman–Crippen MR) is 154 cm³/mol. The van der Waals surface area contributed by atoms with Crippen molar-refractivity contribution in [3.05, 3.63) is 46.9 Å². The van der Waals surface area contributed by atoms with Gasteiger partial charge in [0.15, 0.2) is 0 Å². The summed E-state index contributed by atoms with van der Waals surface area (Å²) in [5.74, 6) is 2.22. The van der Waals surface area contributed by atoms with E-state index in [1.807, 2.05) is 34.6 Å². The van der Waals surface area contributed by atoms with Crippen LogP contribution in [0, 0.1) is 19.3 Å². The third kappa shape index (κ3) is 7.59. The van der Waals surface area contributed by atoms with Gasteiger partial charge in [-0.25, -0.2) is 4.98 Å². The number of hydrogen-bond donors (Lipinski definition) is 5. The molecule has 1 aromatic heterocycles. The molecule has 0 saturated carbocycles. The Morgan fingerprint density at radius 2 is 1.89 bits per heavy atom. The van der Waals surface area contributed by atoms with E-state index in [4.69, 9.17) is 10.1 Å². The maximum absolute atomic E-state index is 12.6. The minimum atomic E-state index is -1.45. The molecular formula is C27H41N7O2S. The largest absolute Gasteiger partial charge is 0.610 e. The molecule has 0 amide bonds. The number of piperidine rings is 1. The molecule has 5 N–H and O–H groups in total. The number of nitrogens with one attached hydrogen (secondary N) is 5. The number of aromatic nitrogens is 2. The zero-order chi connectivity index (χ0) is 27.1. The molecule has 1 aromatic carbocycles. The van der Waals surface area contributed by atoms with Gasteiger partial charge in [0.1, 0.15) is 22.5 Å². The summed E-state index contributed by atoms with van der Waals surface area (Å²) in [5.41, 5.74) is 4.53.